The molecule has 3 heteroatoms. The van der Waals surface area contributed by atoms with Gasteiger partial charge in [-0.05, 0) is 36.1 Å². The Morgan fingerprint density at radius 2 is 2.06 bits per heavy atom. The number of carbonyl (C=O) groups excluding carboxylic acids is 2. The minimum atomic E-state index is 0.142. The van der Waals surface area contributed by atoms with Crippen LogP contribution >= 0.6 is 0 Å². The maximum absolute atomic E-state index is 12.0. The first-order valence-electron chi connectivity index (χ1n) is 6.41. The van der Waals surface area contributed by atoms with Crippen LogP contribution in [0.15, 0.2) is 18.2 Å². The molecule has 0 N–H and O–H groups in total. The number of Topliss-reactive ketones (excluding diaryl/α,β-unsaturated/α-hetero) is 1. The van der Waals surface area contributed by atoms with Crippen molar-refractivity contribution in [3.63, 3.8) is 0 Å². The molecule has 1 aliphatic heterocycles. The van der Waals surface area contributed by atoms with Gasteiger partial charge in [-0.1, -0.05) is 13.8 Å². The molecule has 18 heavy (non-hydrogen) atoms. The number of aryl methyl sites for hydroxylation is 1. The van der Waals surface area contributed by atoms with E-state index in [0.717, 1.165) is 23.2 Å². The number of hydrogen-bond acceptors (Lipinski definition) is 2. The second-order valence-corrected chi connectivity index (χ2v) is 5.32. The summed E-state index contributed by atoms with van der Waals surface area (Å²) in [6.07, 6.45) is 1.85. The second kappa shape index (κ2) is 4.92. The number of fused-ring (bicyclic) bond motifs is 1. The molecular formula is C15H19NO2. The maximum Gasteiger partial charge on any atom is 0.227 e. The molecule has 1 amide bonds. The fraction of sp³-hybridized carbons (Fsp3) is 0.467. The van der Waals surface area contributed by atoms with Crippen LogP contribution in [0.3, 0.4) is 0 Å². The second-order valence-electron chi connectivity index (χ2n) is 5.32. The zero-order valence-corrected chi connectivity index (χ0v) is 11.2. The Labute approximate surface area is 108 Å². The maximum atomic E-state index is 12.0. The number of ketones is 1. The minimum absolute atomic E-state index is 0.142. The molecule has 1 aromatic rings. The van der Waals surface area contributed by atoms with Gasteiger partial charge in [-0.2, -0.15) is 0 Å². The topological polar surface area (TPSA) is 37.4 Å². The van der Waals surface area contributed by atoms with E-state index in [4.69, 9.17) is 0 Å². The van der Waals surface area contributed by atoms with Crippen LogP contribution in [0.5, 0.6) is 0 Å². The number of carbonyl (C=O) groups is 2. The summed E-state index contributed by atoms with van der Waals surface area (Å²) >= 11 is 0. The number of amides is 1. The monoisotopic (exact) mass is 245 g/mol. The molecule has 0 spiro atoms. The van der Waals surface area contributed by atoms with Crippen molar-refractivity contribution in [2.45, 2.75) is 33.1 Å². The summed E-state index contributed by atoms with van der Waals surface area (Å²) in [5.74, 6) is 0.703. The van der Waals surface area contributed by atoms with Gasteiger partial charge in [0, 0.05) is 31.1 Å². The molecule has 0 saturated carbocycles. The normalized spacial score (nSPS) is 14.9. The Balaban J connectivity index is 2.28. The molecule has 1 aliphatic rings. The fourth-order valence-electron chi connectivity index (χ4n) is 2.32. The Kier molecular flexibility index (Phi) is 3.50. The summed E-state index contributed by atoms with van der Waals surface area (Å²) in [7, 11) is 1.79. The van der Waals surface area contributed by atoms with Gasteiger partial charge < -0.3 is 4.90 Å². The Morgan fingerprint density at radius 3 is 2.72 bits per heavy atom. The summed E-state index contributed by atoms with van der Waals surface area (Å²) in [4.78, 5) is 25.3. The van der Waals surface area contributed by atoms with E-state index in [1.54, 1.807) is 11.9 Å². The molecule has 0 atom stereocenters. The molecule has 2 rings (SSSR count). The van der Waals surface area contributed by atoms with Crippen molar-refractivity contribution in [3.8, 4) is 0 Å². The highest BCUT2D eigenvalue weighted by atomic mass is 16.2. The van der Waals surface area contributed by atoms with Gasteiger partial charge in [-0.25, -0.2) is 0 Å². The van der Waals surface area contributed by atoms with E-state index in [1.807, 2.05) is 32.0 Å². The molecule has 0 fully saturated rings. The van der Waals surface area contributed by atoms with Crippen molar-refractivity contribution in [1.82, 2.24) is 0 Å². The largest absolute Gasteiger partial charge is 0.315 e. The van der Waals surface area contributed by atoms with Crippen LogP contribution in [0, 0.1) is 5.92 Å². The quantitative estimate of drug-likeness (QED) is 0.768. The number of nitrogens with zero attached hydrogens (tertiary/aromatic N) is 1. The highest BCUT2D eigenvalue weighted by Crippen LogP contribution is 2.28. The number of benzene rings is 1. The molecule has 96 valence electrons. The molecule has 3 nitrogen and oxygen atoms in total. The van der Waals surface area contributed by atoms with Gasteiger partial charge in [-0.3, -0.25) is 9.59 Å². The van der Waals surface area contributed by atoms with Crippen LogP contribution in [-0.2, 0) is 11.2 Å². The lowest BCUT2D eigenvalue weighted by Crippen LogP contribution is -2.31. The number of rotatable bonds is 3. The van der Waals surface area contributed by atoms with Crippen molar-refractivity contribution in [2.75, 3.05) is 11.9 Å². The lowest BCUT2D eigenvalue weighted by Gasteiger charge is -2.26. The lowest BCUT2D eigenvalue weighted by atomic mass is 9.95. The van der Waals surface area contributed by atoms with E-state index in [9.17, 15) is 9.59 Å². The molecule has 0 aromatic heterocycles. The lowest BCUT2D eigenvalue weighted by molar-refractivity contribution is -0.118. The first-order valence-corrected chi connectivity index (χ1v) is 6.41. The van der Waals surface area contributed by atoms with E-state index in [2.05, 4.69) is 0 Å². The van der Waals surface area contributed by atoms with Gasteiger partial charge in [0.15, 0.2) is 5.78 Å². The van der Waals surface area contributed by atoms with Gasteiger partial charge in [0.2, 0.25) is 5.91 Å². The smallest absolute Gasteiger partial charge is 0.227 e. The average Bonchev–Trinajstić information content (AvgIpc) is 2.32. The van der Waals surface area contributed by atoms with Crippen LogP contribution in [-0.4, -0.2) is 18.7 Å². The number of anilines is 1. The molecule has 0 aliphatic carbocycles. The summed E-state index contributed by atoms with van der Waals surface area (Å²) in [5, 5.41) is 0. The standard InChI is InChI=1S/C15H19NO2/c1-10(2)8-14(17)12-4-6-13-11(9-12)5-7-15(18)16(13)3/h4,6,9-10H,5,7-8H2,1-3H3. The van der Waals surface area contributed by atoms with Crippen LogP contribution in [0.4, 0.5) is 5.69 Å². The summed E-state index contributed by atoms with van der Waals surface area (Å²) in [6.45, 7) is 4.09. The predicted molar refractivity (Wildman–Crippen MR) is 72.0 cm³/mol. The van der Waals surface area contributed by atoms with Crippen LogP contribution < -0.4 is 4.90 Å². The van der Waals surface area contributed by atoms with Gasteiger partial charge in [0.05, 0.1) is 0 Å². The Morgan fingerprint density at radius 1 is 1.33 bits per heavy atom. The third kappa shape index (κ3) is 2.45. The van der Waals surface area contributed by atoms with Crippen molar-refractivity contribution in [3.05, 3.63) is 29.3 Å². The third-order valence-electron chi connectivity index (χ3n) is 3.34. The average molecular weight is 245 g/mol. The molecule has 0 radical (unpaired) electrons. The molecule has 0 bridgehead atoms. The van der Waals surface area contributed by atoms with Crippen molar-refractivity contribution in [2.24, 2.45) is 5.92 Å². The summed E-state index contributed by atoms with van der Waals surface area (Å²) in [6, 6.07) is 5.67. The van der Waals surface area contributed by atoms with E-state index in [-0.39, 0.29) is 11.7 Å². The summed E-state index contributed by atoms with van der Waals surface area (Å²) in [5.41, 5.74) is 2.81. The Bertz CT molecular complexity index is 491. The zero-order chi connectivity index (χ0) is 13.3. The molecule has 0 saturated heterocycles. The highest BCUT2D eigenvalue weighted by Gasteiger charge is 2.21. The van der Waals surface area contributed by atoms with Gasteiger partial charge in [0.25, 0.3) is 0 Å². The SMILES string of the molecule is CC(C)CC(=O)c1ccc2c(c1)CCC(=O)N2C. The van der Waals surface area contributed by atoms with E-state index < -0.39 is 0 Å². The highest BCUT2D eigenvalue weighted by molar-refractivity contribution is 5.99. The Hall–Kier alpha value is -1.64. The zero-order valence-electron chi connectivity index (χ0n) is 11.2. The first kappa shape index (κ1) is 12.8. The van der Waals surface area contributed by atoms with Gasteiger partial charge in [0.1, 0.15) is 0 Å². The van der Waals surface area contributed by atoms with E-state index in [1.165, 1.54) is 0 Å². The van der Waals surface area contributed by atoms with Crippen molar-refractivity contribution >= 4 is 17.4 Å². The van der Waals surface area contributed by atoms with E-state index in [0.29, 0.717) is 18.8 Å². The predicted octanol–water partition coefficient (Wildman–Crippen LogP) is 2.82. The third-order valence-corrected chi connectivity index (χ3v) is 3.34. The van der Waals surface area contributed by atoms with Crippen molar-refractivity contribution < 1.29 is 9.59 Å². The molecule has 0 unspecified atom stereocenters. The van der Waals surface area contributed by atoms with Gasteiger partial charge in [-0.15, -0.1) is 0 Å². The molecule has 1 aromatic carbocycles. The number of hydrogen-bond donors (Lipinski definition) is 0. The van der Waals surface area contributed by atoms with Crippen molar-refractivity contribution in [1.29, 1.82) is 0 Å². The van der Waals surface area contributed by atoms with E-state index >= 15 is 0 Å². The first-order chi connectivity index (χ1) is 8.49. The molecular weight excluding hydrogens is 226 g/mol. The fourth-order valence-corrected chi connectivity index (χ4v) is 2.32. The summed E-state index contributed by atoms with van der Waals surface area (Å²) < 4.78 is 0. The van der Waals surface area contributed by atoms with Gasteiger partial charge >= 0.3 is 0 Å². The van der Waals surface area contributed by atoms with Crippen LogP contribution in [0.1, 0.15) is 42.6 Å². The van der Waals surface area contributed by atoms with Crippen LogP contribution in [0.2, 0.25) is 0 Å². The minimum Gasteiger partial charge on any atom is -0.315 e. The molecule has 1 heterocycles. The van der Waals surface area contributed by atoms with Crippen LogP contribution in [0.25, 0.3) is 0 Å².